The van der Waals surface area contributed by atoms with E-state index in [9.17, 15) is 0 Å². The topological polar surface area (TPSA) is 86.2 Å². The van der Waals surface area contributed by atoms with Crippen LogP contribution in [0.5, 0.6) is 0 Å². The van der Waals surface area contributed by atoms with Crippen molar-refractivity contribution in [3.05, 3.63) is 22.2 Å². The molecule has 1 aromatic heterocycles. The minimum absolute atomic E-state index is 0.554. The summed E-state index contributed by atoms with van der Waals surface area (Å²) in [5, 5.41) is 13.9. The quantitative estimate of drug-likeness (QED) is 0.560. The molecule has 0 amide bonds. The molecule has 1 rings (SSSR count). The maximum Gasteiger partial charge on any atom is 0.503 e. The number of carbonyl (C=O) groups is 1. The number of H-pyrrole nitrogens is 1. The normalized spacial score (nSPS) is 8.46. The van der Waals surface area contributed by atoms with Crippen LogP contribution in [0.1, 0.15) is 11.3 Å². The summed E-state index contributed by atoms with van der Waals surface area (Å²) >= 11 is 4.79. The predicted molar refractivity (Wildman–Crippen MR) is 49.5 cm³/mol. The smallest absolute Gasteiger partial charge is 0.450 e. The molecule has 0 fully saturated rings. The number of nitrogens with one attached hydrogen (secondary N) is 1. The van der Waals surface area contributed by atoms with Crippen LogP contribution >= 0.6 is 12.2 Å². The fraction of sp³-hybridized carbons (Fsp3) is 0.286. The van der Waals surface area contributed by atoms with Gasteiger partial charge in [-0.2, -0.15) is 0 Å². The van der Waals surface area contributed by atoms with Crippen molar-refractivity contribution in [1.29, 1.82) is 0 Å². The van der Waals surface area contributed by atoms with Gasteiger partial charge >= 0.3 is 6.16 Å². The predicted octanol–water partition coefficient (Wildman–Crippen LogP) is 1.98. The van der Waals surface area contributed by atoms with Crippen LogP contribution in [0.2, 0.25) is 0 Å². The van der Waals surface area contributed by atoms with Crippen molar-refractivity contribution in [1.82, 2.24) is 9.97 Å². The number of aryl methyl sites for hydroxylation is 2. The molecule has 0 saturated heterocycles. The van der Waals surface area contributed by atoms with Crippen LogP contribution in [0.3, 0.4) is 0 Å². The van der Waals surface area contributed by atoms with Gasteiger partial charge in [0.05, 0.1) is 0 Å². The van der Waals surface area contributed by atoms with Gasteiger partial charge in [0.1, 0.15) is 0 Å². The minimum Gasteiger partial charge on any atom is -0.450 e. The lowest BCUT2D eigenvalue weighted by atomic mass is 10.3. The van der Waals surface area contributed by atoms with Crippen LogP contribution in [0, 0.1) is 18.6 Å². The van der Waals surface area contributed by atoms with Gasteiger partial charge in [-0.3, -0.25) is 0 Å². The van der Waals surface area contributed by atoms with Crippen molar-refractivity contribution < 1.29 is 15.0 Å². The lowest BCUT2D eigenvalue weighted by Gasteiger charge is -1.94. The number of aromatic amines is 1. The van der Waals surface area contributed by atoms with E-state index >= 15 is 0 Å². The second-order valence-corrected chi connectivity index (χ2v) is 2.67. The molecule has 0 radical (unpaired) electrons. The van der Waals surface area contributed by atoms with Crippen molar-refractivity contribution in [3.63, 3.8) is 0 Å². The van der Waals surface area contributed by atoms with Gasteiger partial charge in [-0.1, -0.05) is 0 Å². The Labute approximate surface area is 80.1 Å². The van der Waals surface area contributed by atoms with E-state index in [1.807, 2.05) is 13.8 Å². The summed E-state index contributed by atoms with van der Waals surface area (Å²) in [6.45, 7) is 3.97. The van der Waals surface area contributed by atoms with E-state index in [0.717, 1.165) is 11.3 Å². The Hall–Kier alpha value is -1.43. The van der Waals surface area contributed by atoms with E-state index in [1.165, 1.54) is 0 Å². The van der Waals surface area contributed by atoms with Gasteiger partial charge in [0.25, 0.3) is 0 Å². The van der Waals surface area contributed by atoms with E-state index < -0.39 is 6.16 Å². The van der Waals surface area contributed by atoms with Crippen molar-refractivity contribution >= 4 is 18.4 Å². The molecule has 0 saturated carbocycles. The first-order valence-electron chi connectivity index (χ1n) is 3.38. The third kappa shape index (κ3) is 5.80. The molecular weight excluding hydrogens is 192 g/mol. The summed E-state index contributed by atoms with van der Waals surface area (Å²) in [5.74, 6) is 0. The zero-order valence-corrected chi connectivity index (χ0v) is 8.05. The summed E-state index contributed by atoms with van der Waals surface area (Å²) in [4.78, 5) is 15.4. The van der Waals surface area contributed by atoms with Gasteiger partial charge in [0, 0.05) is 11.9 Å². The molecule has 0 unspecified atom stereocenters. The highest BCUT2D eigenvalue weighted by Gasteiger charge is 1.88. The molecule has 0 bridgehead atoms. The molecule has 5 nitrogen and oxygen atoms in total. The maximum absolute atomic E-state index is 8.56. The highest BCUT2D eigenvalue weighted by Crippen LogP contribution is 1.97. The van der Waals surface area contributed by atoms with E-state index in [4.69, 9.17) is 27.2 Å². The number of hydrogen-bond acceptors (Lipinski definition) is 3. The molecule has 0 atom stereocenters. The van der Waals surface area contributed by atoms with Gasteiger partial charge in [-0.15, -0.1) is 0 Å². The standard InChI is InChI=1S/C6H8N2S.CH2O3/c1-4-3-7-6(9)8-5(4)2;2-1(3)4/h3H,1-2H3,(H,7,8,9);(H2,2,3,4). The van der Waals surface area contributed by atoms with Crippen molar-refractivity contribution in [3.8, 4) is 0 Å². The Balaban J connectivity index is 0.000000310. The number of carboxylic acid groups (broad SMARTS) is 2. The van der Waals surface area contributed by atoms with Gasteiger partial charge in [-0.05, 0) is 31.6 Å². The summed E-state index contributed by atoms with van der Waals surface area (Å²) in [7, 11) is 0. The molecule has 0 aliphatic heterocycles. The Kier molecular flexibility index (Phi) is 4.68. The molecule has 0 spiro atoms. The van der Waals surface area contributed by atoms with Crippen LogP contribution in [0.15, 0.2) is 6.20 Å². The third-order valence-corrected chi connectivity index (χ3v) is 1.47. The van der Waals surface area contributed by atoms with Gasteiger partial charge < -0.3 is 15.2 Å². The third-order valence-electron chi connectivity index (χ3n) is 1.26. The monoisotopic (exact) mass is 202 g/mol. The Morgan fingerprint density at radius 3 is 2.31 bits per heavy atom. The van der Waals surface area contributed by atoms with Crippen LogP contribution in [-0.2, 0) is 0 Å². The molecule has 0 aliphatic rings. The second-order valence-electron chi connectivity index (χ2n) is 2.28. The average Bonchev–Trinajstić information content (AvgIpc) is 1.96. The summed E-state index contributed by atoms with van der Waals surface area (Å²) < 4.78 is 0.554. The average molecular weight is 202 g/mol. The SMILES string of the molecule is Cc1cnc(=S)[nH]c1C.O=C(O)O. The number of rotatable bonds is 0. The van der Waals surface area contributed by atoms with Gasteiger partial charge in [0.15, 0.2) is 4.77 Å². The van der Waals surface area contributed by atoms with Crippen LogP contribution in [0.25, 0.3) is 0 Å². The first kappa shape index (κ1) is 11.6. The fourth-order valence-electron chi connectivity index (χ4n) is 0.544. The molecule has 0 aromatic carbocycles. The van der Waals surface area contributed by atoms with E-state index in [2.05, 4.69) is 9.97 Å². The zero-order valence-electron chi connectivity index (χ0n) is 7.24. The molecule has 1 aromatic rings. The highest BCUT2D eigenvalue weighted by atomic mass is 32.1. The summed E-state index contributed by atoms with van der Waals surface area (Å²) in [6, 6.07) is 0. The molecule has 3 N–H and O–H groups in total. The van der Waals surface area contributed by atoms with Crippen LogP contribution < -0.4 is 0 Å². The molecule has 6 heteroatoms. The minimum atomic E-state index is -1.83. The maximum atomic E-state index is 8.56. The summed E-state index contributed by atoms with van der Waals surface area (Å²) in [5.41, 5.74) is 2.23. The first-order chi connectivity index (χ1) is 5.93. The molecule has 0 aliphatic carbocycles. The molecular formula is C7H10N2O3S. The van der Waals surface area contributed by atoms with E-state index in [0.29, 0.717) is 4.77 Å². The first-order valence-corrected chi connectivity index (χ1v) is 3.78. The van der Waals surface area contributed by atoms with Crippen molar-refractivity contribution in [2.24, 2.45) is 0 Å². The largest absolute Gasteiger partial charge is 0.503 e. The zero-order chi connectivity index (χ0) is 10.4. The highest BCUT2D eigenvalue weighted by molar-refractivity contribution is 7.71. The number of hydrogen-bond donors (Lipinski definition) is 3. The van der Waals surface area contributed by atoms with Crippen molar-refractivity contribution in [2.75, 3.05) is 0 Å². The molecule has 1 heterocycles. The molecule has 72 valence electrons. The summed E-state index contributed by atoms with van der Waals surface area (Å²) in [6.07, 6.45) is -0.0613. The van der Waals surface area contributed by atoms with Crippen LogP contribution in [0.4, 0.5) is 4.79 Å². The number of aromatic nitrogens is 2. The van der Waals surface area contributed by atoms with Crippen molar-refractivity contribution in [2.45, 2.75) is 13.8 Å². The number of nitrogens with zero attached hydrogens (tertiary/aromatic N) is 1. The Morgan fingerprint density at radius 1 is 1.54 bits per heavy atom. The van der Waals surface area contributed by atoms with Gasteiger partial charge in [0.2, 0.25) is 0 Å². The molecule has 13 heavy (non-hydrogen) atoms. The lowest BCUT2D eigenvalue weighted by Crippen LogP contribution is -1.88. The van der Waals surface area contributed by atoms with E-state index in [1.54, 1.807) is 6.20 Å². The second kappa shape index (κ2) is 5.26. The fourth-order valence-corrected chi connectivity index (χ4v) is 0.749. The van der Waals surface area contributed by atoms with E-state index in [-0.39, 0.29) is 0 Å². The lowest BCUT2D eigenvalue weighted by molar-refractivity contribution is 0.137. The Morgan fingerprint density at radius 2 is 2.00 bits per heavy atom. The van der Waals surface area contributed by atoms with Crippen LogP contribution in [-0.4, -0.2) is 26.3 Å². The Bertz CT molecular complexity index is 344. The van der Waals surface area contributed by atoms with Gasteiger partial charge in [-0.25, -0.2) is 9.78 Å².